The van der Waals surface area contributed by atoms with E-state index in [1.165, 1.54) is 11.1 Å². The summed E-state index contributed by atoms with van der Waals surface area (Å²) in [5.41, 5.74) is 1.98. The van der Waals surface area contributed by atoms with E-state index in [9.17, 15) is 10.0 Å². The highest BCUT2D eigenvalue weighted by Gasteiger charge is 2.41. The number of fused-ring (bicyclic) bond motifs is 1. The third-order valence-corrected chi connectivity index (χ3v) is 8.27. The number of hydrogen-bond donors (Lipinski definition) is 2. The van der Waals surface area contributed by atoms with Gasteiger partial charge in [-0.1, -0.05) is 11.6 Å². The molecule has 1 saturated heterocycles. The number of nitrogens with one attached hydrogen (secondary N) is 1. The summed E-state index contributed by atoms with van der Waals surface area (Å²) in [5.74, 6) is 1.06. The largest absolute Gasteiger partial charge is 0.497 e. The van der Waals surface area contributed by atoms with Gasteiger partial charge in [0.05, 0.1) is 23.1 Å². The number of hydroxylamine groups is 1. The molecule has 4 rings (SSSR count). The van der Waals surface area contributed by atoms with E-state index in [0.29, 0.717) is 54.6 Å². The third-order valence-electron chi connectivity index (χ3n) is 6.98. The zero-order chi connectivity index (χ0) is 25.5. The molecule has 1 amide bonds. The van der Waals surface area contributed by atoms with E-state index in [2.05, 4.69) is 14.9 Å². The van der Waals surface area contributed by atoms with Crippen LogP contribution in [0.25, 0.3) is 10.9 Å². The SMILES string of the molecule is COc1ccc2ncc(Cl)c([C@H](F)CCC3(C(=O)NO)CCN(CCSc4ccncc4)CC3)c2c1. The Labute approximate surface area is 219 Å². The van der Waals surface area contributed by atoms with Crippen LogP contribution in [0.15, 0.2) is 53.8 Å². The van der Waals surface area contributed by atoms with E-state index in [-0.39, 0.29) is 11.4 Å². The maximum Gasteiger partial charge on any atom is 0.249 e. The minimum Gasteiger partial charge on any atom is -0.497 e. The first-order chi connectivity index (χ1) is 17.5. The van der Waals surface area contributed by atoms with Gasteiger partial charge in [0.25, 0.3) is 0 Å². The highest BCUT2D eigenvalue weighted by molar-refractivity contribution is 7.99. The van der Waals surface area contributed by atoms with Crippen molar-refractivity contribution in [3.05, 3.63) is 59.5 Å². The average molecular weight is 533 g/mol. The molecule has 0 radical (unpaired) electrons. The van der Waals surface area contributed by atoms with E-state index < -0.39 is 17.5 Å². The molecule has 0 spiro atoms. The zero-order valence-electron chi connectivity index (χ0n) is 20.1. The predicted molar refractivity (Wildman–Crippen MR) is 139 cm³/mol. The van der Waals surface area contributed by atoms with Crippen molar-refractivity contribution in [1.82, 2.24) is 20.3 Å². The van der Waals surface area contributed by atoms with Crippen molar-refractivity contribution in [1.29, 1.82) is 0 Å². The number of carbonyl (C=O) groups is 1. The Morgan fingerprint density at radius 2 is 2.06 bits per heavy atom. The first kappa shape index (κ1) is 26.6. The van der Waals surface area contributed by atoms with E-state index >= 15 is 4.39 Å². The number of methoxy groups -OCH3 is 1. The Morgan fingerprint density at radius 3 is 2.75 bits per heavy atom. The van der Waals surface area contributed by atoms with Gasteiger partial charge in [0.1, 0.15) is 11.9 Å². The summed E-state index contributed by atoms with van der Waals surface area (Å²) in [4.78, 5) is 24.6. The van der Waals surface area contributed by atoms with Crippen LogP contribution in [-0.2, 0) is 4.79 Å². The molecule has 36 heavy (non-hydrogen) atoms. The van der Waals surface area contributed by atoms with Crippen molar-refractivity contribution in [2.45, 2.75) is 36.8 Å². The molecule has 3 aromatic rings. The second kappa shape index (κ2) is 12.2. The van der Waals surface area contributed by atoms with Crippen LogP contribution in [0.3, 0.4) is 0 Å². The number of hydrogen-bond acceptors (Lipinski definition) is 7. The number of halogens is 2. The number of carbonyl (C=O) groups excluding carboxylic acids is 1. The molecule has 3 heterocycles. The number of benzene rings is 1. The summed E-state index contributed by atoms with van der Waals surface area (Å²) in [6.45, 7) is 2.30. The highest BCUT2D eigenvalue weighted by Crippen LogP contribution is 2.42. The quantitative estimate of drug-likeness (QED) is 0.203. The lowest BCUT2D eigenvalue weighted by Crippen LogP contribution is -2.48. The van der Waals surface area contributed by atoms with Gasteiger partial charge in [-0.25, -0.2) is 9.87 Å². The number of thioether (sulfide) groups is 1. The molecule has 0 unspecified atom stereocenters. The Hall–Kier alpha value is -2.46. The van der Waals surface area contributed by atoms with Gasteiger partial charge in [0, 0.05) is 46.7 Å². The van der Waals surface area contributed by atoms with Crippen LogP contribution in [0.4, 0.5) is 4.39 Å². The second-order valence-electron chi connectivity index (χ2n) is 9.00. The number of piperidine rings is 1. The average Bonchev–Trinajstić information content (AvgIpc) is 2.92. The zero-order valence-corrected chi connectivity index (χ0v) is 21.7. The summed E-state index contributed by atoms with van der Waals surface area (Å²) in [6, 6.07) is 9.24. The maximum atomic E-state index is 15.7. The molecule has 10 heteroatoms. The van der Waals surface area contributed by atoms with Crippen molar-refractivity contribution < 1.29 is 19.1 Å². The van der Waals surface area contributed by atoms with E-state index in [1.807, 2.05) is 17.6 Å². The van der Waals surface area contributed by atoms with Crippen molar-refractivity contribution in [3.63, 3.8) is 0 Å². The Morgan fingerprint density at radius 1 is 1.31 bits per heavy atom. The summed E-state index contributed by atoms with van der Waals surface area (Å²) in [5, 5.41) is 10.3. The molecule has 0 aliphatic carbocycles. The normalized spacial score (nSPS) is 16.6. The number of nitrogens with zero attached hydrogens (tertiary/aromatic N) is 3. The standard InChI is InChI=1S/C26H30ClFN4O3S/c1-35-18-2-3-23-20(16-18)24(21(27)17-30-23)22(28)4-7-26(25(33)31-34)8-12-32(13-9-26)14-15-36-19-5-10-29-11-6-19/h2-3,5-6,10-11,16-17,22,34H,4,7-9,12-15H2,1H3,(H,31,33)/t22-/m1/s1. The lowest BCUT2D eigenvalue weighted by Gasteiger charge is -2.40. The van der Waals surface area contributed by atoms with Crippen LogP contribution in [0.1, 0.15) is 37.4 Å². The molecule has 192 valence electrons. The Kier molecular flexibility index (Phi) is 9.00. The molecule has 0 saturated carbocycles. The summed E-state index contributed by atoms with van der Waals surface area (Å²) < 4.78 is 21.0. The summed E-state index contributed by atoms with van der Waals surface area (Å²) >= 11 is 8.14. The topological polar surface area (TPSA) is 87.6 Å². The first-order valence-electron chi connectivity index (χ1n) is 11.9. The van der Waals surface area contributed by atoms with Gasteiger partial charge < -0.3 is 9.64 Å². The summed E-state index contributed by atoms with van der Waals surface area (Å²) in [6.07, 6.45) is 5.11. The minimum absolute atomic E-state index is 0.0986. The smallest absolute Gasteiger partial charge is 0.249 e. The number of rotatable bonds is 10. The molecular formula is C26H30ClFN4O3S. The van der Waals surface area contributed by atoms with Crippen LogP contribution >= 0.6 is 23.4 Å². The van der Waals surface area contributed by atoms with Gasteiger partial charge in [-0.05, 0) is 69.1 Å². The van der Waals surface area contributed by atoms with Gasteiger partial charge in [-0.2, -0.15) is 0 Å². The lowest BCUT2D eigenvalue weighted by molar-refractivity contribution is -0.143. The van der Waals surface area contributed by atoms with E-state index in [0.717, 1.165) is 12.3 Å². The lowest BCUT2D eigenvalue weighted by atomic mass is 9.73. The molecule has 1 aliphatic rings. The monoisotopic (exact) mass is 532 g/mol. The van der Waals surface area contributed by atoms with Gasteiger partial charge in [-0.15, -0.1) is 11.8 Å². The Bertz CT molecular complexity index is 1180. The fourth-order valence-electron chi connectivity index (χ4n) is 4.80. The molecule has 2 N–H and O–H groups in total. The minimum atomic E-state index is -1.40. The molecule has 7 nitrogen and oxygen atoms in total. The highest BCUT2D eigenvalue weighted by atomic mass is 35.5. The molecular weight excluding hydrogens is 503 g/mol. The maximum absolute atomic E-state index is 15.7. The summed E-state index contributed by atoms with van der Waals surface area (Å²) in [7, 11) is 1.55. The molecule has 1 fully saturated rings. The number of ether oxygens (including phenoxy) is 1. The molecule has 1 aromatic carbocycles. The predicted octanol–water partition coefficient (Wildman–Crippen LogP) is 5.46. The van der Waals surface area contributed by atoms with Crippen LogP contribution in [0, 0.1) is 5.41 Å². The van der Waals surface area contributed by atoms with Crippen LogP contribution in [-0.4, -0.2) is 58.5 Å². The van der Waals surface area contributed by atoms with Crippen molar-refractivity contribution in [2.24, 2.45) is 5.41 Å². The van der Waals surface area contributed by atoms with Gasteiger partial charge in [-0.3, -0.25) is 20.0 Å². The van der Waals surface area contributed by atoms with Crippen LogP contribution in [0.2, 0.25) is 5.02 Å². The molecule has 1 atom stereocenters. The van der Waals surface area contributed by atoms with Crippen LogP contribution in [0.5, 0.6) is 5.75 Å². The van der Waals surface area contributed by atoms with Crippen molar-refractivity contribution >= 4 is 40.2 Å². The second-order valence-corrected chi connectivity index (χ2v) is 10.6. The number of pyridine rings is 2. The van der Waals surface area contributed by atoms with E-state index in [4.69, 9.17) is 16.3 Å². The fraction of sp³-hybridized carbons (Fsp3) is 0.423. The number of amides is 1. The molecule has 2 aromatic heterocycles. The number of alkyl halides is 1. The third kappa shape index (κ3) is 6.08. The van der Waals surface area contributed by atoms with Gasteiger partial charge >= 0.3 is 0 Å². The van der Waals surface area contributed by atoms with Crippen molar-refractivity contribution in [2.75, 3.05) is 32.5 Å². The molecule has 0 bridgehead atoms. The van der Waals surface area contributed by atoms with Crippen molar-refractivity contribution in [3.8, 4) is 5.75 Å². The number of likely N-dealkylation sites (tertiary alicyclic amines) is 1. The fourth-order valence-corrected chi connectivity index (χ4v) is 5.97. The van der Waals surface area contributed by atoms with Gasteiger partial charge in [0.2, 0.25) is 5.91 Å². The Balaban J connectivity index is 1.40. The van der Waals surface area contributed by atoms with Gasteiger partial charge in [0.15, 0.2) is 0 Å². The van der Waals surface area contributed by atoms with E-state index in [1.54, 1.807) is 49.5 Å². The number of aromatic nitrogens is 2. The first-order valence-corrected chi connectivity index (χ1v) is 13.3. The van der Waals surface area contributed by atoms with Crippen LogP contribution < -0.4 is 10.2 Å². The molecule has 1 aliphatic heterocycles.